The summed E-state index contributed by atoms with van der Waals surface area (Å²) in [6, 6.07) is 8.25. The first-order valence-electron chi connectivity index (χ1n) is 7.97. The maximum atomic E-state index is 11.9. The highest BCUT2D eigenvalue weighted by Crippen LogP contribution is 2.10. The van der Waals surface area contributed by atoms with Gasteiger partial charge in [0.1, 0.15) is 0 Å². The molecule has 0 radical (unpaired) electrons. The summed E-state index contributed by atoms with van der Waals surface area (Å²) in [6.07, 6.45) is 0. The molecule has 2 rings (SSSR count). The van der Waals surface area contributed by atoms with Gasteiger partial charge in [0.05, 0.1) is 13.2 Å². The summed E-state index contributed by atoms with van der Waals surface area (Å²) in [4.78, 5) is 14.3. The van der Waals surface area contributed by atoms with Crippen LogP contribution in [-0.4, -0.2) is 43.2 Å². The molecule has 22 heavy (non-hydrogen) atoms. The minimum atomic E-state index is -0.170. The van der Waals surface area contributed by atoms with E-state index in [2.05, 4.69) is 22.3 Å². The predicted octanol–water partition coefficient (Wildman–Crippen LogP) is 1.12. The summed E-state index contributed by atoms with van der Waals surface area (Å²) in [7, 11) is 0. The molecule has 1 saturated heterocycles. The number of hydrogen-bond acceptors (Lipinski definition) is 4. The smallest absolute Gasteiger partial charge is 0.224 e. The molecule has 0 spiro atoms. The van der Waals surface area contributed by atoms with Gasteiger partial charge < -0.3 is 15.8 Å². The molecule has 5 heteroatoms. The van der Waals surface area contributed by atoms with E-state index in [1.807, 2.05) is 26.0 Å². The minimum Gasteiger partial charge on any atom is -0.379 e. The van der Waals surface area contributed by atoms with Gasteiger partial charge in [-0.3, -0.25) is 9.69 Å². The van der Waals surface area contributed by atoms with E-state index >= 15 is 0 Å². The highest BCUT2D eigenvalue weighted by molar-refractivity contribution is 5.78. The third kappa shape index (κ3) is 5.09. The summed E-state index contributed by atoms with van der Waals surface area (Å²) >= 11 is 0. The SMILES string of the molecule is CC(N)C(C)C(=O)NCc1cccc(CN2CCOCC2)c1. The van der Waals surface area contributed by atoms with Crippen LogP contribution in [0.2, 0.25) is 0 Å². The van der Waals surface area contributed by atoms with Crippen molar-refractivity contribution >= 4 is 5.91 Å². The van der Waals surface area contributed by atoms with Crippen molar-refractivity contribution in [1.29, 1.82) is 0 Å². The largest absolute Gasteiger partial charge is 0.379 e. The Morgan fingerprint density at radius 3 is 2.68 bits per heavy atom. The van der Waals surface area contributed by atoms with Crippen molar-refractivity contribution in [2.24, 2.45) is 11.7 Å². The normalized spacial score (nSPS) is 18.7. The second kappa shape index (κ2) is 8.27. The van der Waals surface area contributed by atoms with Gasteiger partial charge in [0.15, 0.2) is 0 Å². The number of nitrogens with zero attached hydrogens (tertiary/aromatic N) is 1. The Balaban J connectivity index is 1.86. The van der Waals surface area contributed by atoms with Crippen LogP contribution in [0, 0.1) is 5.92 Å². The second-order valence-electron chi connectivity index (χ2n) is 6.07. The van der Waals surface area contributed by atoms with Gasteiger partial charge >= 0.3 is 0 Å². The molecule has 1 heterocycles. The summed E-state index contributed by atoms with van der Waals surface area (Å²) in [5.41, 5.74) is 8.15. The van der Waals surface area contributed by atoms with Crippen LogP contribution >= 0.6 is 0 Å². The number of benzene rings is 1. The highest BCUT2D eigenvalue weighted by Gasteiger charge is 2.16. The zero-order valence-electron chi connectivity index (χ0n) is 13.5. The molecular formula is C17H27N3O2. The fourth-order valence-electron chi connectivity index (χ4n) is 2.44. The Labute approximate surface area is 132 Å². The van der Waals surface area contributed by atoms with E-state index in [1.165, 1.54) is 5.56 Å². The van der Waals surface area contributed by atoms with Gasteiger partial charge in [-0.15, -0.1) is 0 Å². The van der Waals surface area contributed by atoms with Crippen molar-refractivity contribution in [3.8, 4) is 0 Å². The second-order valence-corrected chi connectivity index (χ2v) is 6.07. The van der Waals surface area contributed by atoms with E-state index in [4.69, 9.17) is 10.5 Å². The van der Waals surface area contributed by atoms with Crippen LogP contribution in [0.1, 0.15) is 25.0 Å². The van der Waals surface area contributed by atoms with Crippen molar-refractivity contribution in [1.82, 2.24) is 10.2 Å². The molecule has 1 aromatic rings. The zero-order valence-corrected chi connectivity index (χ0v) is 13.5. The van der Waals surface area contributed by atoms with Crippen LogP contribution in [0.15, 0.2) is 24.3 Å². The van der Waals surface area contributed by atoms with Gasteiger partial charge in [-0.2, -0.15) is 0 Å². The van der Waals surface area contributed by atoms with Crippen LogP contribution in [-0.2, 0) is 22.6 Å². The van der Waals surface area contributed by atoms with E-state index in [9.17, 15) is 4.79 Å². The van der Waals surface area contributed by atoms with Crippen LogP contribution in [0.4, 0.5) is 0 Å². The van der Waals surface area contributed by atoms with Crippen molar-refractivity contribution in [2.75, 3.05) is 26.3 Å². The molecule has 0 bridgehead atoms. The Morgan fingerprint density at radius 2 is 2.00 bits per heavy atom. The van der Waals surface area contributed by atoms with Gasteiger partial charge in [-0.05, 0) is 18.1 Å². The lowest BCUT2D eigenvalue weighted by atomic mass is 10.0. The summed E-state index contributed by atoms with van der Waals surface area (Å²) < 4.78 is 5.37. The first-order valence-corrected chi connectivity index (χ1v) is 7.97. The van der Waals surface area contributed by atoms with Gasteiger partial charge in [0, 0.05) is 38.1 Å². The highest BCUT2D eigenvalue weighted by atomic mass is 16.5. The summed E-state index contributed by atoms with van der Waals surface area (Å²) in [5.74, 6) is -0.162. The fourth-order valence-corrected chi connectivity index (χ4v) is 2.44. The van der Waals surface area contributed by atoms with Crippen LogP contribution in [0.25, 0.3) is 0 Å². The molecular weight excluding hydrogens is 278 g/mol. The molecule has 122 valence electrons. The number of amides is 1. The summed E-state index contributed by atoms with van der Waals surface area (Å²) in [5, 5.41) is 2.96. The maximum Gasteiger partial charge on any atom is 0.224 e. The zero-order chi connectivity index (χ0) is 15.9. The van der Waals surface area contributed by atoms with Gasteiger partial charge in [0.2, 0.25) is 5.91 Å². The van der Waals surface area contributed by atoms with Crippen LogP contribution < -0.4 is 11.1 Å². The average Bonchev–Trinajstić information content (AvgIpc) is 2.53. The molecule has 2 unspecified atom stereocenters. The molecule has 2 atom stereocenters. The topological polar surface area (TPSA) is 67.6 Å². The number of carbonyl (C=O) groups is 1. The first kappa shape index (κ1) is 16.9. The van der Waals surface area contributed by atoms with Crippen LogP contribution in [0.5, 0.6) is 0 Å². The Kier molecular flexibility index (Phi) is 6.36. The van der Waals surface area contributed by atoms with Gasteiger partial charge in [0.25, 0.3) is 0 Å². The number of hydrogen-bond donors (Lipinski definition) is 2. The number of nitrogens with two attached hydrogens (primary N) is 1. The van der Waals surface area contributed by atoms with Crippen molar-refractivity contribution < 1.29 is 9.53 Å². The molecule has 1 fully saturated rings. The fraction of sp³-hybridized carbons (Fsp3) is 0.588. The molecule has 0 aliphatic carbocycles. The predicted molar refractivity (Wildman–Crippen MR) is 87.2 cm³/mol. The number of ether oxygens (including phenoxy) is 1. The van der Waals surface area contributed by atoms with Crippen molar-refractivity contribution in [3.05, 3.63) is 35.4 Å². The number of morpholine rings is 1. The minimum absolute atomic E-state index is 0.00795. The van der Waals surface area contributed by atoms with E-state index in [1.54, 1.807) is 0 Å². The molecule has 5 nitrogen and oxygen atoms in total. The monoisotopic (exact) mass is 305 g/mol. The molecule has 1 amide bonds. The van der Waals surface area contributed by atoms with E-state index in [0.717, 1.165) is 38.4 Å². The average molecular weight is 305 g/mol. The molecule has 0 aromatic heterocycles. The Morgan fingerprint density at radius 1 is 1.32 bits per heavy atom. The van der Waals surface area contributed by atoms with Gasteiger partial charge in [-0.25, -0.2) is 0 Å². The molecule has 3 N–H and O–H groups in total. The maximum absolute atomic E-state index is 11.9. The summed E-state index contributed by atoms with van der Waals surface area (Å²) in [6.45, 7) is 8.77. The number of rotatable bonds is 6. The van der Waals surface area contributed by atoms with Crippen molar-refractivity contribution in [3.63, 3.8) is 0 Å². The molecule has 1 aliphatic rings. The van der Waals surface area contributed by atoms with E-state index in [0.29, 0.717) is 6.54 Å². The lowest BCUT2D eigenvalue weighted by Gasteiger charge is -2.26. The van der Waals surface area contributed by atoms with E-state index < -0.39 is 0 Å². The first-order chi connectivity index (χ1) is 10.6. The lowest BCUT2D eigenvalue weighted by Crippen LogP contribution is -2.38. The third-order valence-electron chi connectivity index (χ3n) is 4.17. The van der Waals surface area contributed by atoms with Crippen molar-refractivity contribution in [2.45, 2.75) is 33.0 Å². The lowest BCUT2D eigenvalue weighted by molar-refractivity contribution is -0.125. The van der Waals surface area contributed by atoms with Gasteiger partial charge in [-0.1, -0.05) is 31.2 Å². The Bertz CT molecular complexity index is 485. The number of carbonyl (C=O) groups excluding carboxylic acids is 1. The Hall–Kier alpha value is -1.43. The quantitative estimate of drug-likeness (QED) is 0.826. The molecule has 1 aliphatic heterocycles. The standard InChI is InChI=1S/C17H27N3O2/c1-13(14(2)18)17(21)19-11-15-4-3-5-16(10-15)12-20-6-8-22-9-7-20/h3-5,10,13-14H,6-9,11-12,18H2,1-2H3,(H,19,21). The molecule has 0 saturated carbocycles. The number of nitrogens with one attached hydrogen (secondary N) is 1. The molecule has 1 aromatic carbocycles. The van der Waals surface area contributed by atoms with E-state index in [-0.39, 0.29) is 17.9 Å². The van der Waals surface area contributed by atoms with Crippen LogP contribution in [0.3, 0.4) is 0 Å². The third-order valence-corrected chi connectivity index (χ3v) is 4.17.